The number of nitrogens with zero attached hydrogens (tertiary/aromatic N) is 1. The van der Waals surface area contributed by atoms with Gasteiger partial charge in [0.05, 0.1) is 11.0 Å². The number of halogens is 2. The molecule has 0 saturated heterocycles. The van der Waals surface area contributed by atoms with Crippen molar-refractivity contribution in [3.8, 4) is 0 Å². The van der Waals surface area contributed by atoms with Crippen LogP contribution < -0.4 is 5.32 Å². The third-order valence-electron chi connectivity index (χ3n) is 3.11. The lowest BCUT2D eigenvalue weighted by molar-refractivity contribution is -0.385. The van der Waals surface area contributed by atoms with E-state index in [1.807, 2.05) is 0 Å². The fourth-order valence-corrected chi connectivity index (χ4v) is 2.11. The molecule has 2 aromatic rings. The van der Waals surface area contributed by atoms with Crippen LogP contribution in [0.5, 0.6) is 0 Å². The van der Waals surface area contributed by atoms with Gasteiger partial charge in [0.25, 0.3) is 11.6 Å². The van der Waals surface area contributed by atoms with Crippen molar-refractivity contribution < 1.29 is 19.2 Å². The molecule has 6 nitrogen and oxygen atoms in total. The Morgan fingerprint density at radius 1 is 1.30 bits per heavy atom. The van der Waals surface area contributed by atoms with Gasteiger partial charge in [0, 0.05) is 17.6 Å². The number of nitro benzene ring substituents is 1. The molecule has 0 heterocycles. The van der Waals surface area contributed by atoms with Gasteiger partial charge in [0.15, 0.2) is 0 Å². The Morgan fingerprint density at radius 3 is 2.57 bits per heavy atom. The second-order valence-corrected chi connectivity index (χ2v) is 5.13. The number of amides is 1. The summed E-state index contributed by atoms with van der Waals surface area (Å²) in [6.45, 7) is -0.186. The number of nitrogens with one attached hydrogen (secondary N) is 1. The second kappa shape index (κ2) is 7.17. The van der Waals surface area contributed by atoms with Crippen molar-refractivity contribution in [3.05, 3.63) is 74.5 Å². The molecule has 1 unspecified atom stereocenters. The van der Waals surface area contributed by atoms with Crippen molar-refractivity contribution >= 4 is 23.2 Å². The van der Waals surface area contributed by atoms with E-state index in [0.717, 1.165) is 6.07 Å². The molecular weight excluding hydrogens is 327 g/mol. The summed E-state index contributed by atoms with van der Waals surface area (Å²) < 4.78 is 12.8. The van der Waals surface area contributed by atoms with E-state index in [0.29, 0.717) is 5.56 Å². The average Bonchev–Trinajstić information content (AvgIpc) is 2.52. The summed E-state index contributed by atoms with van der Waals surface area (Å²) in [7, 11) is 0. The summed E-state index contributed by atoms with van der Waals surface area (Å²) in [5.41, 5.74) is -0.177. The minimum Gasteiger partial charge on any atom is -0.387 e. The van der Waals surface area contributed by atoms with Gasteiger partial charge in [0.1, 0.15) is 11.4 Å². The molecular formula is C15H12ClFN2O4. The van der Waals surface area contributed by atoms with Crippen molar-refractivity contribution in [3.63, 3.8) is 0 Å². The van der Waals surface area contributed by atoms with E-state index in [2.05, 4.69) is 5.32 Å². The molecule has 0 aliphatic heterocycles. The lowest BCUT2D eigenvalue weighted by Crippen LogP contribution is -2.29. The topological polar surface area (TPSA) is 92.5 Å². The van der Waals surface area contributed by atoms with Crippen LogP contribution in [0, 0.1) is 15.9 Å². The molecule has 0 aliphatic rings. The molecule has 0 saturated carbocycles. The predicted octanol–water partition coefficient (Wildman–Crippen LogP) is 2.85. The summed E-state index contributed by atoms with van der Waals surface area (Å²) in [4.78, 5) is 22.3. The smallest absolute Gasteiger partial charge is 0.282 e. The van der Waals surface area contributed by atoms with Crippen molar-refractivity contribution in [2.75, 3.05) is 6.54 Å². The first kappa shape index (κ1) is 16.9. The Labute approximate surface area is 135 Å². The van der Waals surface area contributed by atoms with Crippen molar-refractivity contribution in [2.45, 2.75) is 6.10 Å². The normalized spacial score (nSPS) is 11.8. The molecule has 8 heteroatoms. The van der Waals surface area contributed by atoms with Crippen LogP contribution in [0.4, 0.5) is 10.1 Å². The Hall–Kier alpha value is -2.51. The van der Waals surface area contributed by atoms with E-state index >= 15 is 0 Å². The van der Waals surface area contributed by atoms with E-state index in [1.54, 1.807) is 0 Å². The molecule has 120 valence electrons. The number of nitro groups is 1. The number of aliphatic hydroxyl groups is 1. The highest BCUT2D eigenvalue weighted by Gasteiger charge is 2.21. The Kier molecular flexibility index (Phi) is 5.25. The molecule has 0 aromatic heterocycles. The molecule has 0 radical (unpaired) electrons. The molecule has 0 fully saturated rings. The highest BCUT2D eigenvalue weighted by atomic mass is 35.5. The minimum absolute atomic E-state index is 0.180. The van der Waals surface area contributed by atoms with Gasteiger partial charge in [0.2, 0.25) is 0 Å². The quantitative estimate of drug-likeness (QED) is 0.647. The summed E-state index contributed by atoms with van der Waals surface area (Å²) in [6.07, 6.45) is -1.07. The molecule has 2 N–H and O–H groups in total. The highest BCUT2D eigenvalue weighted by molar-refractivity contribution is 6.31. The maximum Gasteiger partial charge on any atom is 0.282 e. The molecule has 1 amide bonds. The monoisotopic (exact) mass is 338 g/mol. The Bertz CT molecular complexity index is 737. The van der Waals surface area contributed by atoms with Crippen LogP contribution >= 0.6 is 11.6 Å². The SMILES string of the molecule is O=C(NCC(O)c1ccc(F)cc1)c1cc(Cl)ccc1[N+](=O)[O-]. The van der Waals surface area contributed by atoms with Crippen LogP contribution in [-0.2, 0) is 0 Å². The zero-order valence-corrected chi connectivity index (χ0v) is 12.5. The van der Waals surface area contributed by atoms with Gasteiger partial charge in [-0.2, -0.15) is 0 Å². The second-order valence-electron chi connectivity index (χ2n) is 4.70. The largest absolute Gasteiger partial charge is 0.387 e. The van der Waals surface area contributed by atoms with E-state index in [1.165, 1.54) is 36.4 Å². The Morgan fingerprint density at radius 2 is 1.96 bits per heavy atom. The first-order valence-corrected chi connectivity index (χ1v) is 6.92. The highest BCUT2D eigenvalue weighted by Crippen LogP contribution is 2.22. The number of carbonyl (C=O) groups is 1. The summed E-state index contributed by atoms with van der Waals surface area (Å²) in [5.74, 6) is -1.18. The van der Waals surface area contributed by atoms with Crippen LogP contribution in [0.1, 0.15) is 22.0 Å². The van der Waals surface area contributed by atoms with E-state index in [9.17, 15) is 24.4 Å². The van der Waals surface area contributed by atoms with Gasteiger partial charge >= 0.3 is 0 Å². The van der Waals surface area contributed by atoms with Crippen molar-refractivity contribution in [1.29, 1.82) is 0 Å². The standard InChI is InChI=1S/C15H12ClFN2O4/c16-10-3-6-13(19(22)23)12(7-10)15(21)18-8-14(20)9-1-4-11(17)5-2-9/h1-7,14,20H,8H2,(H,18,21). The van der Waals surface area contributed by atoms with Crippen LogP contribution in [0.15, 0.2) is 42.5 Å². The van der Waals surface area contributed by atoms with Crippen LogP contribution in [0.25, 0.3) is 0 Å². The van der Waals surface area contributed by atoms with Crippen LogP contribution in [0.2, 0.25) is 5.02 Å². The summed E-state index contributed by atoms with van der Waals surface area (Å²) >= 11 is 5.75. The number of hydrogen-bond donors (Lipinski definition) is 2. The van der Waals surface area contributed by atoms with Gasteiger partial charge < -0.3 is 10.4 Å². The molecule has 0 spiro atoms. The predicted molar refractivity (Wildman–Crippen MR) is 81.8 cm³/mol. The molecule has 0 aliphatic carbocycles. The van der Waals surface area contributed by atoms with E-state index in [-0.39, 0.29) is 22.8 Å². The lowest BCUT2D eigenvalue weighted by Gasteiger charge is -2.12. The fourth-order valence-electron chi connectivity index (χ4n) is 1.94. The van der Waals surface area contributed by atoms with Crippen LogP contribution in [0.3, 0.4) is 0 Å². The minimum atomic E-state index is -1.07. The molecule has 2 aromatic carbocycles. The zero-order valence-electron chi connectivity index (χ0n) is 11.7. The van der Waals surface area contributed by atoms with Gasteiger partial charge in [-0.05, 0) is 29.8 Å². The third kappa shape index (κ3) is 4.24. The van der Waals surface area contributed by atoms with Gasteiger partial charge in [-0.25, -0.2) is 4.39 Å². The average molecular weight is 339 g/mol. The Balaban J connectivity index is 2.09. The van der Waals surface area contributed by atoms with Crippen molar-refractivity contribution in [2.24, 2.45) is 0 Å². The third-order valence-corrected chi connectivity index (χ3v) is 3.35. The summed E-state index contributed by atoms with van der Waals surface area (Å²) in [6, 6.07) is 8.75. The fraction of sp³-hybridized carbons (Fsp3) is 0.133. The van der Waals surface area contributed by atoms with Gasteiger partial charge in [-0.1, -0.05) is 23.7 Å². The van der Waals surface area contributed by atoms with Crippen molar-refractivity contribution in [1.82, 2.24) is 5.32 Å². The molecule has 23 heavy (non-hydrogen) atoms. The lowest BCUT2D eigenvalue weighted by atomic mass is 10.1. The number of rotatable bonds is 5. The molecule has 1 atom stereocenters. The molecule has 2 rings (SSSR count). The van der Waals surface area contributed by atoms with Crippen LogP contribution in [-0.4, -0.2) is 22.5 Å². The van der Waals surface area contributed by atoms with E-state index in [4.69, 9.17) is 11.6 Å². The first-order chi connectivity index (χ1) is 10.9. The summed E-state index contributed by atoms with van der Waals surface area (Å²) in [5, 5.41) is 23.4. The number of hydrogen-bond acceptors (Lipinski definition) is 4. The molecule has 0 bridgehead atoms. The van der Waals surface area contributed by atoms with Gasteiger partial charge in [-0.3, -0.25) is 14.9 Å². The number of aliphatic hydroxyl groups excluding tert-OH is 1. The number of carbonyl (C=O) groups excluding carboxylic acids is 1. The maximum absolute atomic E-state index is 12.8. The first-order valence-electron chi connectivity index (χ1n) is 6.54. The van der Waals surface area contributed by atoms with E-state index < -0.39 is 22.8 Å². The zero-order chi connectivity index (χ0) is 17.0. The van der Waals surface area contributed by atoms with Gasteiger partial charge in [-0.15, -0.1) is 0 Å². The number of benzene rings is 2. The maximum atomic E-state index is 12.8.